The zero-order valence-corrected chi connectivity index (χ0v) is 23.3. The van der Waals surface area contributed by atoms with Crippen LogP contribution in [0.25, 0.3) is 5.57 Å². The van der Waals surface area contributed by atoms with E-state index in [2.05, 4.69) is 15.2 Å². The number of hydrogen-bond donors (Lipinski definition) is 2. The Balaban J connectivity index is 1.74. The van der Waals surface area contributed by atoms with Gasteiger partial charge < -0.3 is 24.8 Å². The molecule has 2 aromatic rings. The number of nitrogens with zero attached hydrogens (tertiary/aromatic N) is 3. The van der Waals surface area contributed by atoms with Crippen molar-refractivity contribution in [3.63, 3.8) is 0 Å². The predicted molar refractivity (Wildman–Crippen MR) is 147 cm³/mol. The molecule has 2 aliphatic heterocycles. The summed E-state index contributed by atoms with van der Waals surface area (Å²) in [5.41, 5.74) is -1.93. The molecule has 9 nitrogen and oxygen atoms in total. The lowest BCUT2D eigenvalue weighted by molar-refractivity contribution is -0.138. The molecule has 3 heterocycles. The fourth-order valence-electron chi connectivity index (χ4n) is 5.15. The summed E-state index contributed by atoms with van der Waals surface area (Å²) in [5.74, 6) is -1.66. The van der Waals surface area contributed by atoms with Crippen LogP contribution in [-0.2, 0) is 10.9 Å². The molecular formula is C28H33F4N5O4. The largest absolute Gasteiger partial charge is 0.450 e. The summed E-state index contributed by atoms with van der Waals surface area (Å²) < 4.78 is 61.7. The van der Waals surface area contributed by atoms with E-state index >= 15 is 4.39 Å². The van der Waals surface area contributed by atoms with Crippen LogP contribution in [0, 0.1) is 5.82 Å². The number of rotatable bonds is 5. The van der Waals surface area contributed by atoms with Gasteiger partial charge in [0.25, 0.3) is 5.91 Å². The van der Waals surface area contributed by atoms with E-state index in [9.17, 15) is 27.6 Å². The van der Waals surface area contributed by atoms with Crippen LogP contribution in [-0.4, -0.2) is 78.7 Å². The number of piperazine rings is 1. The number of aromatic amines is 1. The molecular weight excluding hydrogens is 546 g/mol. The number of carbonyl (C=O) groups is 2. The van der Waals surface area contributed by atoms with Gasteiger partial charge in [0, 0.05) is 56.1 Å². The molecule has 2 N–H and O–H groups in total. The zero-order valence-electron chi connectivity index (χ0n) is 23.3. The van der Waals surface area contributed by atoms with Crippen molar-refractivity contribution in [1.82, 2.24) is 14.8 Å². The number of likely N-dealkylation sites (N-methyl/N-ethyl adjacent to an activating group) is 1. The van der Waals surface area contributed by atoms with E-state index in [-0.39, 0.29) is 43.0 Å². The molecule has 13 heteroatoms. The first-order valence-corrected chi connectivity index (χ1v) is 13.3. The first-order chi connectivity index (χ1) is 19.3. The molecule has 1 saturated heterocycles. The molecule has 0 radical (unpaired) electrons. The molecule has 0 spiro atoms. The van der Waals surface area contributed by atoms with Gasteiger partial charge >= 0.3 is 12.3 Å². The summed E-state index contributed by atoms with van der Waals surface area (Å²) in [4.78, 5) is 44.6. The van der Waals surface area contributed by atoms with E-state index in [0.717, 1.165) is 6.20 Å². The predicted octanol–water partition coefficient (Wildman–Crippen LogP) is 4.56. The number of amides is 2. The number of pyridine rings is 1. The molecule has 2 aliphatic rings. The average molecular weight is 580 g/mol. The number of halogens is 4. The van der Waals surface area contributed by atoms with E-state index < -0.39 is 40.7 Å². The minimum Gasteiger partial charge on any atom is -0.450 e. The molecule has 1 aromatic carbocycles. The summed E-state index contributed by atoms with van der Waals surface area (Å²) in [6, 6.07) is 3.19. The Morgan fingerprint density at radius 1 is 1.15 bits per heavy atom. The number of carbonyl (C=O) groups excluding carboxylic acids is 2. The van der Waals surface area contributed by atoms with Crippen molar-refractivity contribution in [3.8, 4) is 0 Å². The van der Waals surface area contributed by atoms with Crippen molar-refractivity contribution in [3.05, 3.63) is 63.3 Å². The maximum atomic E-state index is 15.7. The van der Waals surface area contributed by atoms with Gasteiger partial charge in [0.2, 0.25) is 5.56 Å². The Kier molecular flexibility index (Phi) is 8.76. The van der Waals surface area contributed by atoms with E-state index in [4.69, 9.17) is 4.74 Å². The quantitative estimate of drug-likeness (QED) is 0.505. The lowest BCUT2D eigenvalue weighted by Gasteiger charge is -2.44. The van der Waals surface area contributed by atoms with Crippen LogP contribution in [0.5, 0.6) is 0 Å². The minimum absolute atomic E-state index is 0.0796. The topological polar surface area (TPSA) is 98.0 Å². The molecule has 1 fully saturated rings. The first-order valence-electron chi connectivity index (χ1n) is 13.3. The van der Waals surface area contributed by atoms with Crippen molar-refractivity contribution in [2.45, 2.75) is 45.5 Å². The zero-order chi connectivity index (χ0) is 30.1. The SMILES string of the molecule is CCOC(=O)N1CC=C(c2cc(NC(=O)c3c[nH]c(=O)cc3C(F)(F)F)c(N3C[C@@H](C)N(C)[C@@H](C)C3)cc2F)CC1. The third kappa shape index (κ3) is 6.55. The number of aromatic nitrogens is 1. The third-order valence-electron chi connectivity index (χ3n) is 7.59. The van der Waals surface area contributed by atoms with Gasteiger partial charge in [0.05, 0.1) is 29.1 Å². The molecule has 2 atom stereocenters. The maximum Gasteiger partial charge on any atom is 0.417 e. The molecule has 0 bridgehead atoms. The average Bonchev–Trinajstić information content (AvgIpc) is 2.91. The van der Waals surface area contributed by atoms with E-state index in [1.54, 1.807) is 13.0 Å². The number of benzene rings is 1. The highest BCUT2D eigenvalue weighted by Gasteiger charge is 2.36. The van der Waals surface area contributed by atoms with Crippen molar-refractivity contribution < 1.29 is 31.9 Å². The minimum atomic E-state index is -4.95. The second-order valence-corrected chi connectivity index (χ2v) is 10.3. The lowest BCUT2D eigenvalue weighted by Crippen LogP contribution is -2.55. The second kappa shape index (κ2) is 11.9. The van der Waals surface area contributed by atoms with Gasteiger partial charge in [-0.15, -0.1) is 0 Å². The van der Waals surface area contributed by atoms with Gasteiger partial charge in [0.1, 0.15) is 5.82 Å². The number of hydrogen-bond acceptors (Lipinski definition) is 6. The van der Waals surface area contributed by atoms with Gasteiger partial charge in [0.15, 0.2) is 0 Å². The molecule has 1 aromatic heterocycles. The first kappa shape index (κ1) is 30.1. The van der Waals surface area contributed by atoms with Crippen LogP contribution in [0.2, 0.25) is 0 Å². The molecule has 0 saturated carbocycles. The Hall–Kier alpha value is -3.87. The van der Waals surface area contributed by atoms with Crippen molar-refractivity contribution in [2.24, 2.45) is 0 Å². The smallest absolute Gasteiger partial charge is 0.417 e. The van der Waals surface area contributed by atoms with Gasteiger partial charge in [-0.1, -0.05) is 6.08 Å². The number of H-pyrrole nitrogens is 1. The van der Waals surface area contributed by atoms with Crippen LogP contribution in [0.1, 0.15) is 48.7 Å². The summed E-state index contributed by atoms with van der Waals surface area (Å²) >= 11 is 0. The van der Waals surface area contributed by atoms with E-state index in [1.165, 1.54) is 17.0 Å². The second-order valence-electron chi connectivity index (χ2n) is 10.3. The Labute approximate surface area is 234 Å². The van der Waals surface area contributed by atoms with Gasteiger partial charge in [-0.25, -0.2) is 9.18 Å². The van der Waals surface area contributed by atoms with Crippen LogP contribution >= 0.6 is 0 Å². The monoisotopic (exact) mass is 579 g/mol. The Bertz CT molecular complexity index is 1390. The maximum absolute atomic E-state index is 15.7. The number of anilines is 2. The van der Waals surface area contributed by atoms with E-state index in [0.29, 0.717) is 36.8 Å². The third-order valence-corrected chi connectivity index (χ3v) is 7.59. The fourth-order valence-corrected chi connectivity index (χ4v) is 5.15. The van der Waals surface area contributed by atoms with Crippen molar-refractivity contribution >= 4 is 28.9 Å². The lowest BCUT2D eigenvalue weighted by atomic mass is 9.97. The number of alkyl halides is 3. The highest BCUT2D eigenvalue weighted by Crippen LogP contribution is 2.37. The summed E-state index contributed by atoms with van der Waals surface area (Å²) in [5, 5.41) is 2.55. The Morgan fingerprint density at radius 3 is 2.41 bits per heavy atom. The molecule has 4 rings (SSSR count). The Morgan fingerprint density at radius 2 is 1.83 bits per heavy atom. The van der Waals surface area contributed by atoms with Crippen molar-refractivity contribution in [2.75, 3.05) is 50.1 Å². The number of nitrogens with one attached hydrogen (secondary N) is 2. The molecule has 222 valence electrons. The van der Waals surface area contributed by atoms with Crippen LogP contribution in [0.15, 0.2) is 35.3 Å². The van der Waals surface area contributed by atoms with Gasteiger partial charge in [-0.05, 0) is 51.9 Å². The highest BCUT2D eigenvalue weighted by molar-refractivity contribution is 6.07. The summed E-state index contributed by atoms with van der Waals surface area (Å²) in [6.45, 7) is 7.39. The molecule has 0 aliphatic carbocycles. The van der Waals surface area contributed by atoms with Gasteiger partial charge in [-0.2, -0.15) is 13.2 Å². The van der Waals surface area contributed by atoms with Crippen LogP contribution in [0.3, 0.4) is 0 Å². The molecule has 41 heavy (non-hydrogen) atoms. The normalized spacial score (nSPS) is 20.0. The fraction of sp³-hybridized carbons (Fsp3) is 0.464. The standard InChI is InChI=1S/C28H33F4N5O4/c1-5-41-27(40)36-8-6-18(7-9-36)19-10-23(24(12-22(19)29)37-14-16(2)35(4)17(3)15-37)34-26(39)20-13-33-25(38)11-21(20)28(30,31)32/h6,10-13,16-17H,5,7-9,14-15H2,1-4H3,(H,33,38)(H,34,39)/t16-,17+. The number of ether oxygens (including phenoxy) is 1. The summed E-state index contributed by atoms with van der Waals surface area (Å²) in [7, 11) is 1.98. The highest BCUT2D eigenvalue weighted by atomic mass is 19.4. The van der Waals surface area contributed by atoms with E-state index in [1.807, 2.05) is 25.8 Å². The van der Waals surface area contributed by atoms with Gasteiger partial charge in [-0.3, -0.25) is 14.5 Å². The van der Waals surface area contributed by atoms with Crippen LogP contribution < -0.4 is 15.8 Å². The molecule has 0 unspecified atom stereocenters. The summed E-state index contributed by atoms with van der Waals surface area (Å²) in [6.07, 6.45) is -2.71. The van der Waals surface area contributed by atoms with Crippen LogP contribution in [0.4, 0.5) is 33.7 Å². The van der Waals surface area contributed by atoms with Crippen molar-refractivity contribution in [1.29, 1.82) is 0 Å². The molecule has 2 amide bonds.